The first-order valence-electron chi connectivity index (χ1n) is 6.74. The molecule has 0 amide bonds. The fraction of sp³-hybridized carbons (Fsp3) is 0.571. The Morgan fingerprint density at radius 3 is 2.75 bits per heavy atom. The first-order chi connectivity index (χ1) is 9.30. The van der Waals surface area contributed by atoms with E-state index in [4.69, 9.17) is 0 Å². The predicted molar refractivity (Wildman–Crippen MR) is 75.8 cm³/mol. The molecule has 0 aliphatic carbocycles. The highest BCUT2D eigenvalue weighted by molar-refractivity contribution is 5.65. The summed E-state index contributed by atoms with van der Waals surface area (Å²) >= 11 is 0. The SMILES string of the molecule is C[C@@H](O)c1ccc(N2CCCC(C)(O)C2)c([N+](=O)[O-])c1. The molecule has 1 unspecified atom stereocenters. The Labute approximate surface area is 117 Å². The van der Waals surface area contributed by atoms with Crippen LogP contribution in [-0.4, -0.2) is 33.8 Å². The van der Waals surface area contributed by atoms with Crippen LogP contribution in [0.5, 0.6) is 0 Å². The van der Waals surface area contributed by atoms with Crippen molar-refractivity contribution in [2.24, 2.45) is 0 Å². The van der Waals surface area contributed by atoms with Crippen molar-refractivity contribution in [2.45, 2.75) is 38.4 Å². The van der Waals surface area contributed by atoms with Crippen LogP contribution in [0.15, 0.2) is 18.2 Å². The van der Waals surface area contributed by atoms with Gasteiger partial charge in [-0.2, -0.15) is 0 Å². The number of hydrogen-bond acceptors (Lipinski definition) is 5. The second-order valence-corrected chi connectivity index (χ2v) is 5.70. The van der Waals surface area contributed by atoms with E-state index in [0.717, 1.165) is 6.42 Å². The van der Waals surface area contributed by atoms with Crippen LogP contribution in [0.25, 0.3) is 0 Å². The Morgan fingerprint density at radius 2 is 2.20 bits per heavy atom. The predicted octanol–water partition coefficient (Wildman–Crippen LogP) is 2.00. The first-order valence-corrected chi connectivity index (χ1v) is 6.74. The molecule has 20 heavy (non-hydrogen) atoms. The third-order valence-corrected chi connectivity index (χ3v) is 3.69. The molecular formula is C14H20N2O4. The van der Waals surface area contributed by atoms with Crippen molar-refractivity contribution in [3.8, 4) is 0 Å². The van der Waals surface area contributed by atoms with Crippen molar-refractivity contribution in [3.05, 3.63) is 33.9 Å². The molecule has 0 bridgehead atoms. The minimum Gasteiger partial charge on any atom is -0.389 e. The molecule has 1 saturated heterocycles. The number of benzene rings is 1. The number of nitrogens with zero attached hydrogens (tertiary/aromatic N) is 2. The van der Waals surface area contributed by atoms with Crippen molar-refractivity contribution < 1.29 is 15.1 Å². The number of aliphatic hydroxyl groups excluding tert-OH is 1. The molecule has 2 atom stereocenters. The van der Waals surface area contributed by atoms with Gasteiger partial charge in [-0.25, -0.2) is 0 Å². The van der Waals surface area contributed by atoms with Gasteiger partial charge in [-0.05, 0) is 38.3 Å². The summed E-state index contributed by atoms with van der Waals surface area (Å²) in [4.78, 5) is 12.6. The number of β-amino-alcohol motifs (C(OH)–C–C–N with tert-alkyl or cyclic N) is 1. The van der Waals surface area contributed by atoms with Crippen molar-refractivity contribution in [1.29, 1.82) is 0 Å². The van der Waals surface area contributed by atoms with Gasteiger partial charge in [0.25, 0.3) is 5.69 Å². The maximum atomic E-state index is 11.2. The van der Waals surface area contributed by atoms with Gasteiger partial charge >= 0.3 is 0 Å². The molecule has 1 aliphatic rings. The minimum absolute atomic E-state index is 0.0268. The van der Waals surface area contributed by atoms with E-state index in [2.05, 4.69) is 0 Å². The van der Waals surface area contributed by atoms with Gasteiger partial charge in [-0.1, -0.05) is 6.07 Å². The number of rotatable bonds is 3. The lowest BCUT2D eigenvalue weighted by atomic mass is 9.94. The van der Waals surface area contributed by atoms with E-state index in [1.165, 1.54) is 6.07 Å². The number of aliphatic hydroxyl groups is 2. The maximum Gasteiger partial charge on any atom is 0.292 e. The smallest absolute Gasteiger partial charge is 0.292 e. The van der Waals surface area contributed by atoms with Gasteiger partial charge in [0.1, 0.15) is 5.69 Å². The van der Waals surface area contributed by atoms with Gasteiger partial charge in [0, 0.05) is 19.2 Å². The minimum atomic E-state index is -0.824. The van der Waals surface area contributed by atoms with E-state index in [1.54, 1.807) is 26.0 Å². The largest absolute Gasteiger partial charge is 0.389 e. The Balaban J connectivity index is 2.38. The highest BCUT2D eigenvalue weighted by Crippen LogP contribution is 2.34. The van der Waals surface area contributed by atoms with Crippen molar-refractivity contribution in [2.75, 3.05) is 18.0 Å². The normalized spacial score (nSPS) is 24.5. The summed E-state index contributed by atoms with van der Waals surface area (Å²) in [5.74, 6) is 0. The molecule has 0 radical (unpaired) electrons. The van der Waals surface area contributed by atoms with Crippen LogP contribution >= 0.6 is 0 Å². The molecule has 1 aliphatic heterocycles. The molecule has 0 saturated carbocycles. The van der Waals surface area contributed by atoms with Crippen LogP contribution in [-0.2, 0) is 0 Å². The first kappa shape index (κ1) is 14.7. The van der Waals surface area contributed by atoms with Crippen LogP contribution in [0.3, 0.4) is 0 Å². The second kappa shape index (κ2) is 5.38. The molecule has 2 rings (SSSR count). The number of nitro groups is 1. The van der Waals surface area contributed by atoms with E-state index < -0.39 is 16.6 Å². The van der Waals surface area contributed by atoms with Crippen LogP contribution in [0.1, 0.15) is 38.4 Å². The summed E-state index contributed by atoms with van der Waals surface area (Å²) < 4.78 is 0. The quantitative estimate of drug-likeness (QED) is 0.653. The molecule has 1 aromatic rings. The molecule has 0 spiro atoms. The molecular weight excluding hydrogens is 260 g/mol. The molecule has 110 valence electrons. The van der Waals surface area contributed by atoms with Crippen LogP contribution in [0, 0.1) is 10.1 Å². The highest BCUT2D eigenvalue weighted by atomic mass is 16.6. The van der Waals surface area contributed by atoms with E-state index in [-0.39, 0.29) is 5.69 Å². The van der Waals surface area contributed by atoms with Crippen molar-refractivity contribution >= 4 is 11.4 Å². The van der Waals surface area contributed by atoms with E-state index >= 15 is 0 Å². The number of piperidine rings is 1. The molecule has 2 N–H and O–H groups in total. The molecule has 6 heteroatoms. The number of hydrogen-bond donors (Lipinski definition) is 2. The highest BCUT2D eigenvalue weighted by Gasteiger charge is 2.31. The summed E-state index contributed by atoms with van der Waals surface area (Å²) in [5, 5.41) is 30.9. The summed E-state index contributed by atoms with van der Waals surface area (Å²) in [6.07, 6.45) is 0.748. The number of nitro benzene ring substituents is 1. The maximum absolute atomic E-state index is 11.2. The molecule has 1 fully saturated rings. The summed E-state index contributed by atoms with van der Waals surface area (Å²) in [5.41, 5.74) is 0.166. The van der Waals surface area contributed by atoms with Gasteiger partial charge in [0.15, 0.2) is 0 Å². The molecule has 0 aromatic heterocycles. The lowest BCUT2D eigenvalue weighted by Crippen LogP contribution is -2.46. The molecule has 1 aromatic carbocycles. The third kappa shape index (κ3) is 3.08. The monoisotopic (exact) mass is 280 g/mol. The number of anilines is 1. The van der Waals surface area contributed by atoms with Gasteiger partial charge in [-0.15, -0.1) is 0 Å². The molecule has 1 heterocycles. The Kier molecular flexibility index (Phi) is 3.96. The zero-order chi connectivity index (χ0) is 14.9. The Hall–Kier alpha value is -1.66. The summed E-state index contributed by atoms with van der Waals surface area (Å²) in [6, 6.07) is 4.75. The fourth-order valence-corrected chi connectivity index (χ4v) is 2.64. The summed E-state index contributed by atoms with van der Waals surface area (Å²) in [7, 11) is 0. The summed E-state index contributed by atoms with van der Waals surface area (Å²) in [6.45, 7) is 4.38. The molecule has 6 nitrogen and oxygen atoms in total. The second-order valence-electron chi connectivity index (χ2n) is 5.70. The van der Waals surface area contributed by atoms with E-state index in [9.17, 15) is 20.3 Å². The van der Waals surface area contributed by atoms with Crippen LogP contribution in [0.2, 0.25) is 0 Å². The van der Waals surface area contributed by atoms with Gasteiger partial charge in [0.05, 0.1) is 16.6 Å². The third-order valence-electron chi connectivity index (χ3n) is 3.69. The van der Waals surface area contributed by atoms with Gasteiger partial charge < -0.3 is 15.1 Å². The standard InChI is InChI=1S/C14H20N2O4/c1-10(17)11-4-5-12(13(8-11)16(19)20)15-7-3-6-14(2,18)9-15/h4-5,8,10,17-18H,3,6-7,9H2,1-2H3/t10-,14?/m1/s1. The average molecular weight is 280 g/mol. The van der Waals surface area contributed by atoms with E-state index in [0.29, 0.717) is 30.8 Å². The zero-order valence-electron chi connectivity index (χ0n) is 11.7. The van der Waals surface area contributed by atoms with Crippen LogP contribution < -0.4 is 4.90 Å². The van der Waals surface area contributed by atoms with Gasteiger partial charge in [-0.3, -0.25) is 10.1 Å². The van der Waals surface area contributed by atoms with Crippen molar-refractivity contribution in [1.82, 2.24) is 0 Å². The van der Waals surface area contributed by atoms with E-state index in [1.807, 2.05) is 4.90 Å². The fourth-order valence-electron chi connectivity index (χ4n) is 2.64. The zero-order valence-corrected chi connectivity index (χ0v) is 11.7. The van der Waals surface area contributed by atoms with Crippen molar-refractivity contribution in [3.63, 3.8) is 0 Å². The van der Waals surface area contributed by atoms with Gasteiger partial charge in [0.2, 0.25) is 0 Å². The van der Waals surface area contributed by atoms with Crippen LogP contribution in [0.4, 0.5) is 11.4 Å². The lowest BCUT2D eigenvalue weighted by Gasteiger charge is -2.38. The average Bonchev–Trinajstić information content (AvgIpc) is 2.36. The Morgan fingerprint density at radius 1 is 1.50 bits per heavy atom. The Bertz CT molecular complexity index is 514. The lowest BCUT2D eigenvalue weighted by molar-refractivity contribution is -0.384. The topological polar surface area (TPSA) is 86.8 Å².